The van der Waals surface area contributed by atoms with Crippen molar-refractivity contribution in [3.63, 3.8) is 0 Å². The quantitative estimate of drug-likeness (QED) is 0.681. The van der Waals surface area contributed by atoms with E-state index in [0.29, 0.717) is 5.92 Å². The normalized spacial score (nSPS) is 22.3. The molecule has 13 heavy (non-hydrogen) atoms. The zero-order chi connectivity index (χ0) is 9.68. The summed E-state index contributed by atoms with van der Waals surface area (Å²) in [6, 6.07) is 0. The fourth-order valence-corrected chi connectivity index (χ4v) is 2.67. The summed E-state index contributed by atoms with van der Waals surface area (Å²) in [5, 5.41) is 3.47. The maximum Gasteiger partial charge on any atom is 0.0473 e. The Labute approximate surface area is 82.7 Å². The lowest BCUT2D eigenvalue weighted by atomic mass is 10.1. The van der Waals surface area contributed by atoms with E-state index in [4.69, 9.17) is 4.74 Å². The smallest absolute Gasteiger partial charge is 0.0473 e. The van der Waals surface area contributed by atoms with Crippen molar-refractivity contribution in [2.24, 2.45) is 5.92 Å². The van der Waals surface area contributed by atoms with Crippen molar-refractivity contribution in [2.75, 3.05) is 32.6 Å². The minimum Gasteiger partial charge on any atom is -0.385 e. The van der Waals surface area contributed by atoms with Crippen LogP contribution < -0.4 is 5.32 Å². The van der Waals surface area contributed by atoms with Crippen molar-refractivity contribution in [1.82, 2.24) is 5.32 Å². The van der Waals surface area contributed by atoms with Gasteiger partial charge in [-0.15, -0.1) is 0 Å². The molecule has 3 nitrogen and oxygen atoms in total. The van der Waals surface area contributed by atoms with Crippen LogP contribution >= 0.6 is 0 Å². The molecule has 0 saturated carbocycles. The molecule has 78 valence electrons. The van der Waals surface area contributed by atoms with E-state index >= 15 is 0 Å². The second kappa shape index (κ2) is 5.73. The largest absolute Gasteiger partial charge is 0.385 e. The van der Waals surface area contributed by atoms with Crippen LogP contribution in [-0.2, 0) is 15.5 Å². The number of nitrogens with one attached hydrogen (secondary N) is 1. The van der Waals surface area contributed by atoms with Gasteiger partial charge in [0.1, 0.15) is 0 Å². The lowest BCUT2D eigenvalue weighted by molar-refractivity contribution is 0.195. The van der Waals surface area contributed by atoms with Crippen molar-refractivity contribution in [3.8, 4) is 0 Å². The fraction of sp³-hybridized carbons (Fsp3) is 1.00. The highest BCUT2D eigenvalue weighted by atomic mass is 32.2. The molecule has 0 radical (unpaired) electrons. The highest BCUT2D eigenvalue weighted by Gasteiger charge is 2.21. The van der Waals surface area contributed by atoms with Crippen molar-refractivity contribution < 1.29 is 8.95 Å². The number of methoxy groups -OCH3 is 1. The second-order valence-electron chi connectivity index (χ2n) is 3.66. The fourth-order valence-electron chi connectivity index (χ4n) is 1.28. The Balaban J connectivity index is 2.13. The molecule has 1 aliphatic heterocycles. The molecular weight excluding hydrogens is 186 g/mol. The van der Waals surface area contributed by atoms with Gasteiger partial charge in [-0.3, -0.25) is 4.21 Å². The van der Waals surface area contributed by atoms with Crippen LogP contribution in [0.5, 0.6) is 0 Å². The molecule has 1 heterocycles. The topological polar surface area (TPSA) is 38.3 Å². The van der Waals surface area contributed by atoms with E-state index in [2.05, 4.69) is 5.32 Å². The maximum atomic E-state index is 11.7. The van der Waals surface area contributed by atoms with E-state index in [1.54, 1.807) is 7.11 Å². The Morgan fingerprint density at radius 3 is 2.77 bits per heavy atom. The lowest BCUT2D eigenvalue weighted by Gasteiger charge is -2.27. The van der Waals surface area contributed by atoms with Gasteiger partial charge in [0, 0.05) is 48.6 Å². The summed E-state index contributed by atoms with van der Waals surface area (Å²) in [5.41, 5.74) is 0. The van der Waals surface area contributed by atoms with Crippen molar-refractivity contribution in [1.29, 1.82) is 0 Å². The maximum absolute atomic E-state index is 11.7. The average molecular weight is 205 g/mol. The Morgan fingerprint density at radius 2 is 2.31 bits per heavy atom. The minimum atomic E-state index is -0.665. The van der Waals surface area contributed by atoms with Crippen LogP contribution in [0.25, 0.3) is 0 Å². The van der Waals surface area contributed by atoms with Gasteiger partial charge in [-0.2, -0.15) is 0 Å². The van der Waals surface area contributed by atoms with Gasteiger partial charge in [0.2, 0.25) is 0 Å². The van der Waals surface area contributed by atoms with Gasteiger partial charge in [0.05, 0.1) is 0 Å². The molecule has 4 heteroatoms. The van der Waals surface area contributed by atoms with E-state index in [1.165, 1.54) is 0 Å². The second-order valence-corrected chi connectivity index (χ2v) is 5.56. The molecule has 0 aromatic heterocycles. The predicted molar refractivity (Wildman–Crippen MR) is 55.3 cm³/mol. The first-order chi connectivity index (χ1) is 6.24. The third kappa shape index (κ3) is 3.75. The third-order valence-corrected chi connectivity index (χ3v) is 4.38. The Kier molecular flexibility index (Phi) is 4.91. The Hall–Kier alpha value is 0.0700. The van der Waals surface area contributed by atoms with Gasteiger partial charge < -0.3 is 10.1 Å². The Bertz CT molecular complexity index is 171. The number of ether oxygens (including phenoxy) is 1. The predicted octanol–water partition coefficient (Wildman–Crippen LogP) is 0.380. The summed E-state index contributed by atoms with van der Waals surface area (Å²) >= 11 is 0. The van der Waals surface area contributed by atoms with Crippen LogP contribution in [0.1, 0.15) is 13.3 Å². The van der Waals surface area contributed by atoms with Gasteiger partial charge in [-0.05, 0) is 12.3 Å². The zero-order valence-electron chi connectivity index (χ0n) is 8.41. The summed E-state index contributed by atoms with van der Waals surface area (Å²) in [4.78, 5) is 0. The molecule has 1 N–H and O–H groups in total. The van der Waals surface area contributed by atoms with E-state index in [0.717, 1.165) is 31.9 Å². The minimum absolute atomic E-state index is 0.278. The Morgan fingerprint density at radius 1 is 1.62 bits per heavy atom. The third-order valence-electron chi connectivity index (χ3n) is 2.44. The van der Waals surface area contributed by atoms with Gasteiger partial charge >= 0.3 is 0 Å². The molecule has 2 unspecified atom stereocenters. The first-order valence-corrected chi connectivity index (χ1v) is 6.19. The number of hydrogen-bond acceptors (Lipinski definition) is 3. The van der Waals surface area contributed by atoms with Gasteiger partial charge in [0.25, 0.3) is 0 Å². The summed E-state index contributed by atoms with van der Waals surface area (Å²) in [5.74, 6) is 1.50. The molecule has 0 aromatic carbocycles. The van der Waals surface area contributed by atoms with Crippen LogP contribution in [0.4, 0.5) is 0 Å². The van der Waals surface area contributed by atoms with E-state index in [9.17, 15) is 4.21 Å². The summed E-state index contributed by atoms with van der Waals surface area (Å²) < 4.78 is 16.6. The molecule has 1 rings (SSSR count). The molecule has 1 fully saturated rings. The summed E-state index contributed by atoms with van der Waals surface area (Å²) in [7, 11) is 1.02. The summed E-state index contributed by atoms with van der Waals surface area (Å²) in [6.45, 7) is 4.85. The van der Waals surface area contributed by atoms with E-state index in [-0.39, 0.29) is 5.25 Å². The van der Waals surface area contributed by atoms with Crippen molar-refractivity contribution in [3.05, 3.63) is 0 Å². The number of hydrogen-bond donors (Lipinski definition) is 1. The van der Waals surface area contributed by atoms with Crippen LogP contribution in [-0.4, -0.2) is 42.0 Å². The highest BCUT2D eigenvalue weighted by Crippen LogP contribution is 2.10. The molecule has 0 spiro atoms. The first kappa shape index (κ1) is 11.1. The van der Waals surface area contributed by atoms with Crippen LogP contribution in [0.3, 0.4) is 0 Å². The average Bonchev–Trinajstić information content (AvgIpc) is 2.06. The molecule has 0 bridgehead atoms. The highest BCUT2D eigenvalue weighted by molar-refractivity contribution is 7.85. The monoisotopic (exact) mass is 205 g/mol. The van der Waals surface area contributed by atoms with E-state index in [1.807, 2.05) is 6.92 Å². The van der Waals surface area contributed by atoms with Gasteiger partial charge in [0.15, 0.2) is 0 Å². The standard InChI is InChI=1S/C9H19NO2S/c1-8(3-4-12-2)13(11)7-9-5-10-6-9/h8-10H,3-7H2,1-2H3. The van der Waals surface area contributed by atoms with Gasteiger partial charge in [-0.25, -0.2) is 0 Å². The molecule has 1 aliphatic rings. The molecule has 1 saturated heterocycles. The SMILES string of the molecule is COCCC(C)S(=O)CC1CNC1. The van der Waals surface area contributed by atoms with Crippen LogP contribution in [0.2, 0.25) is 0 Å². The van der Waals surface area contributed by atoms with E-state index < -0.39 is 10.8 Å². The van der Waals surface area contributed by atoms with Crippen molar-refractivity contribution >= 4 is 10.8 Å². The molecule has 2 atom stereocenters. The molecule has 0 aromatic rings. The molecule has 0 aliphatic carbocycles. The van der Waals surface area contributed by atoms with Crippen molar-refractivity contribution in [2.45, 2.75) is 18.6 Å². The lowest BCUT2D eigenvalue weighted by Crippen LogP contribution is -2.45. The van der Waals surface area contributed by atoms with Crippen LogP contribution in [0.15, 0.2) is 0 Å². The zero-order valence-corrected chi connectivity index (χ0v) is 9.23. The molecular formula is C9H19NO2S. The summed E-state index contributed by atoms with van der Waals surface area (Å²) in [6.07, 6.45) is 0.906. The van der Waals surface area contributed by atoms with Gasteiger partial charge in [-0.1, -0.05) is 6.92 Å². The number of rotatable bonds is 6. The molecule has 0 amide bonds. The van der Waals surface area contributed by atoms with Crippen LogP contribution in [0, 0.1) is 5.92 Å². The first-order valence-electron chi connectivity index (χ1n) is 4.81.